The number of nitrogens with one attached hydrogen (secondary N) is 1. The number of hydrogen-bond donors (Lipinski definition) is 2. The van der Waals surface area contributed by atoms with E-state index in [9.17, 15) is 4.79 Å². The van der Waals surface area contributed by atoms with Gasteiger partial charge < -0.3 is 15.8 Å². The molecule has 0 aliphatic heterocycles. The van der Waals surface area contributed by atoms with Crippen molar-refractivity contribution in [1.82, 2.24) is 9.78 Å². The fraction of sp³-hybridized carbons (Fsp3) is 0.286. The Balaban J connectivity index is 1.85. The van der Waals surface area contributed by atoms with Gasteiger partial charge in [-0.3, -0.25) is 9.48 Å². The number of benzene rings is 1. The van der Waals surface area contributed by atoms with Gasteiger partial charge in [-0.05, 0) is 24.6 Å². The molecule has 6 heteroatoms. The Morgan fingerprint density at radius 1 is 1.40 bits per heavy atom. The summed E-state index contributed by atoms with van der Waals surface area (Å²) in [6.07, 6.45) is 3.76. The minimum absolute atomic E-state index is 0.103. The average molecular weight is 274 g/mol. The second-order valence-corrected chi connectivity index (χ2v) is 4.34. The second-order valence-electron chi connectivity index (χ2n) is 4.34. The van der Waals surface area contributed by atoms with E-state index in [1.807, 2.05) is 42.1 Å². The van der Waals surface area contributed by atoms with E-state index in [-0.39, 0.29) is 6.61 Å². The molecule has 20 heavy (non-hydrogen) atoms. The number of rotatable bonds is 7. The number of aryl methyl sites for hydroxylation is 1. The lowest BCUT2D eigenvalue weighted by Crippen LogP contribution is -2.19. The van der Waals surface area contributed by atoms with Crippen molar-refractivity contribution in [3.63, 3.8) is 0 Å². The van der Waals surface area contributed by atoms with Gasteiger partial charge in [0.1, 0.15) is 5.75 Å². The van der Waals surface area contributed by atoms with Crippen LogP contribution in [0, 0.1) is 0 Å². The van der Waals surface area contributed by atoms with Crippen LogP contribution in [-0.2, 0) is 17.9 Å². The van der Waals surface area contributed by atoms with Crippen molar-refractivity contribution >= 4 is 11.6 Å². The molecular formula is C14H18N4O2. The molecule has 6 nitrogen and oxygen atoms in total. The van der Waals surface area contributed by atoms with E-state index in [0.717, 1.165) is 17.8 Å². The molecule has 106 valence electrons. The van der Waals surface area contributed by atoms with Crippen molar-refractivity contribution in [2.24, 2.45) is 5.73 Å². The lowest BCUT2D eigenvalue weighted by atomic mass is 10.2. The van der Waals surface area contributed by atoms with E-state index >= 15 is 0 Å². The first-order chi connectivity index (χ1) is 9.67. The summed E-state index contributed by atoms with van der Waals surface area (Å²) in [5.74, 6) is 0.148. The molecule has 0 fully saturated rings. The molecular weight excluding hydrogens is 256 g/mol. The van der Waals surface area contributed by atoms with Crippen LogP contribution in [0.25, 0.3) is 0 Å². The number of carbonyl (C=O) groups excluding carboxylic acids is 1. The van der Waals surface area contributed by atoms with Crippen molar-refractivity contribution in [2.75, 3.05) is 11.9 Å². The summed E-state index contributed by atoms with van der Waals surface area (Å²) in [5, 5.41) is 7.48. The van der Waals surface area contributed by atoms with E-state index in [1.54, 1.807) is 6.20 Å². The second kappa shape index (κ2) is 6.60. The molecule has 1 heterocycles. The van der Waals surface area contributed by atoms with Gasteiger partial charge in [-0.1, -0.05) is 12.1 Å². The zero-order valence-corrected chi connectivity index (χ0v) is 11.4. The Bertz CT molecular complexity index is 563. The summed E-state index contributed by atoms with van der Waals surface area (Å²) in [6.45, 7) is 3.49. The number of nitrogens with two attached hydrogens (primary N) is 1. The highest BCUT2D eigenvalue weighted by atomic mass is 16.5. The summed E-state index contributed by atoms with van der Waals surface area (Å²) in [4.78, 5) is 10.6. The summed E-state index contributed by atoms with van der Waals surface area (Å²) in [7, 11) is 0. The number of carbonyl (C=O) groups is 1. The molecule has 0 aliphatic carbocycles. The topological polar surface area (TPSA) is 82.2 Å². The van der Waals surface area contributed by atoms with Crippen LogP contribution in [0.5, 0.6) is 5.75 Å². The van der Waals surface area contributed by atoms with Gasteiger partial charge in [0.15, 0.2) is 6.61 Å². The van der Waals surface area contributed by atoms with Crippen LogP contribution in [-0.4, -0.2) is 22.3 Å². The van der Waals surface area contributed by atoms with Gasteiger partial charge in [0, 0.05) is 19.3 Å². The van der Waals surface area contributed by atoms with Gasteiger partial charge in [0.2, 0.25) is 0 Å². The monoisotopic (exact) mass is 274 g/mol. The number of amides is 1. The zero-order chi connectivity index (χ0) is 14.4. The fourth-order valence-corrected chi connectivity index (χ4v) is 1.69. The summed E-state index contributed by atoms with van der Waals surface area (Å²) < 4.78 is 7.06. The van der Waals surface area contributed by atoms with Crippen LogP contribution >= 0.6 is 0 Å². The van der Waals surface area contributed by atoms with Crippen LogP contribution < -0.4 is 15.8 Å². The number of hydrogen-bond acceptors (Lipinski definition) is 4. The predicted octanol–water partition coefficient (Wildman–Crippen LogP) is 1.38. The first-order valence-corrected chi connectivity index (χ1v) is 6.43. The Kier molecular flexibility index (Phi) is 4.60. The highest BCUT2D eigenvalue weighted by molar-refractivity contribution is 5.75. The summed E-state index contributed by atoms with van der Waals surface area (Å²) >= 11 is 0. The van der Waals surface area contributed by atoms with Crippen LogP contribution in [0.3, 0.4) is 0 Å². The van der Waals surface area contributed by atoms with Crippen LogP contribution in [0.1, 0.15) is 12.5 Å². The van der Waals surface area contributed by atoms with Gasteiger partial charge >= 0.3 is 0 Å². The maximum absolute atomic E-state index is 10.6. The largest absolute Gasteiger partial charge is 0.484 e. The van der Waals surface area contributed by atoms with Crippen molar-refractivity contribution in [2.45, 2.75) is 20.0 Å². The molecule has 0 radical (unpaired) electrons. The zero-order valence-electron chi connectivity index (χ0n) is 11.4. The predicted molar refractivity (Wildman–Crippen MR) is 76.4 cm³/mol. The SMILES string of the molecule is CCn1cc(NCc2ccc(OCC(N)=O)cc2)cn1. The first kappa shape index (κ1) is 13.9. The number of primary amides is 1. The molecule has 3 N–H and O–H groups in total. The summed E-state index contributed by atoms with van der Waals surface area (Å²) in [6, 6.07) is 7.51. The third-order valence-electron chi connectivity index (χ3n) is 2.76. The maximum atomic E-state index is 10.6. The van der Waals surface area contributed by atoms with E-state index in [0.29, 0.717) is 12.3 Å². The molecule has 0 atom stereocenters. The average Bonchev–Trinajstić information content (AvgIpc) is 2.92. The highest BCUT2D eigenvalue weighted by Gasteiger charge is 2.00. The number of anilines is 1. The third kappa shape index (κ3) is 4.01. The minimum atomic E-state index is -0.483. The lowest BCUT2D eigenvalue weighted by Gasteiger charge is -2.06. The maximum Gasteiger partial charge on any atom is 0.255 e. The first-order valence-electron chi connectivity index (χ1n) is 6.43. The van der Waals surface area contributed by atoms with Gasteiger partial charge in [0.05, 0.1) is 11.9 Å². The van der Waals surface area contributed by atoms with Gasteiger partial charge in [-0.15, -0.1) is 0 Å². The third-order valence-corrected chi connectivity index (χ3v) is 2.76. The van der Waals surface area contributed by atoms with Gasteiger partial charge in [-0.25, -0.2) is 0 Å². The Labute approximate surface area is 117 Å². The standard InChI is InChI=1S/C14H18N4O2/c1-2-18-9-12(8-17-18)16-7-11-3-5-13(6-4-11)20-10-14(15)19/h3-6,8-9,16H,2,7,10H2,1H3,(H2,15,19). The Hall–Kier alpha value is -2.50. The smallest absolute Gasteiger partial charge is 0.255 e. The highest BCUT2D eigenvalue weighted by Crippen LogP contribution is 2.13. The summed E-state index contributed by atoms with van der Waals surface area (Å²) in [5.41, 5.74) is 7.11. The Morgan fingerprint density at radius 2 is 2.15 bits per heavy atom. The molecule has 1 aromatic carbocycles. The van der Waals surface area contributed by atoms with Crippen molar-refractivity contribution in [3.05, 3.63) is 42.2 Å². The lowest BCUT2D eigenvalue weighted by molar-refractivity contribution is -0.119. The van der Waals surface area contributed by atoms with Crippen LogP contribution in [0.4, 0.5) is 5.69 Å². The van der Waals surface area contributed by atoms with E-state index < -0.39 is 5.91 Å². The van der Waals surface area contributed by atoms with Crippen molar-refractivity contribution in [1.29, 1.82) is 0 Å². The van der Waals surface area contributed by atoms with Gasteiger partial charge in [-0.2, -0.15) is 5.10 Å². The quantitative estimate of drug-likeness (QED) is 0.799. The minimum Gasteiger partial charge on any atom is -0.484 e. The molecule has 1 aromatic heterocycles. The van der Waals surface area contributed by atoms with Crippen molar-refractivity contribution in [3.8, 4) is 5.75 Å². The number of aromatic nitrogens is 2. The van der Waals surface area contributed by atoms with E-state index in [4.69, 9.17) is 10.5 Å². The normalized spacial score (nSPS) is 10.2. The molecule has 0 aliphatic rings. The molecule has 0 saturated heterocycles. The fourth-order valence-electron chi connectivity index (χ4n) is 1.69. The molecule has 0 saturated carbocycles. The number of nitrogens with zero attached hydrogens (tertiary/aromatic N) is 2. The Morgan fingerprint density at radius 3 is 2.75 bits per heavy atom. The molecule has 2 rings (SSSR count). The molecule has 0 unspecified atom stereocenters. The van der Waals surface area contributed by atoms with Crippen LogP contribution in [0.15, 0.2) is 36.7 Å². The van der Waals surface area contributed by atoms with E-state index in [2.05, 4.69) is 10.4 Å². The molecule has 0 bridgehead atoms. The number of ether oxygens (including phenoxy) is 1. The molecule has 2 aromatic rings. The van der Waals surface area contributed by atoms with Gasteiger partial charge in [0.25, 0.3) is 5.91 Å². The molecule has 1 amide bonds. The van der Waals surface area contributed by atoms with Crippen LogP contribution in [0.2, 0.25) is 0 Å². The van der Waals surface area contributed by atoms with E-state index in [1.165, 1.54) is 0 Å². The molecule has 0 spiro atoms. The van der Waals surface area contributed by atoms with Crippen molar-refractivity contribution < 1.29 is 9.53 Å².